The van der Waals surface area contributed by atoms with Crippen molar-refractivity contribution in [3.63, 3.8) is 0 Å². The molecule has 0 saturated carbocycles. The van der Waals surface area contributed by atoms with Crippen LogP contribution < -0.4 is 9.61 Å². The quantitative estimate of drug-likeness (QED) is 0.245. The normalized spacial score (nSPS) is 12.4. The van der Waals surface area contributed by atoms with E-state index in [-0.39, 0.29) is 6.61 Å². The number of ether oxygens (including phenoxy) is 1. The molecule has 0 aliphatic rings. The van der Waals surface area contributed by atoms with Crippen molar-refractivity contribution >= 4 is 14.1 Å². The van der Waals surface area contributed by atoms with E-state index in [4.69, 9.17) is 4.74 Å². The highest BCUT2D eigenvalue weighted by molar-refractivity contribution is 7.37. The minimum absolute atomic E-state index is 0.0824. The van der Waals surface area contributed by atoms with Gasteiger partial charge in [-0.25, -0.2) is 17.7 Å². The highest BCUT2D eigenvalue weighted by atomic mass is 31.1. The second kappa shape index (κ2) is 8.88. The molecule has 0 aliphatic heterocycles. The van der Waals surface area contributed by atoms with Gasteiger partial charge < -0.3 is 4.74 Å². The molecule has 0 fully saturated rings. The number of rotatable bonds is 7. The molecule has 0 spiro atoms. The fourth-order valence-electron chi connectivity index (χ4n) is 1.84. The lowest BCUT2D eigenvalue weighted by Gasteiger charge is -2.08. The predicted octanol–water partition coefficient (Wildman–Crippen LogP) is 4.14. The van der Waals surface area contributed by atoms with Gasteiger partial charge in [0.05, 0.1) is 0 Å². The van der Waals surface area contributed by atoms with Crippen LogP contribution in [0.15, 0.2) is 30.3 Å². The topological polar surface area (TPSA) is 64.6 Å². The molecule has 2 atom stereocenters. The van der Waals surface area contributed by atoms with Gasteiger partial charge in [0.2, 0.25) is 29.1 Å². The summed E-state index contributed by atoms with van der Waals surface area (Å²) in [6.45, 7) is 1.13. The molecule has 0 radical (unpaired) electrons. The van der Waals surface area contributed by atoms with Gasteiger partial charge >= 0.3 is 14.1 Å². The summed E-state index contributed by atoms with van der Waals surface area (Å²) in [7, 11) is -3.20. The van der Waals surface area contributed by atoms with Crippen molar-refractivity contribution in [1.82, 2.24) is 5.09 Å². The molecule has 5 nitrogen and oxygen atoms in total. The highest BCUT2D eigenvalue weighted by Gasteiger charge is 2.35. The molecule has 0 amide bonds. The maximum atomic E-state index is 13.5. The molecular formula is C16H12F5NO4P+. The largest absolute Gasteiger partial charge is 0.664 e. The first-order valence-electron chi connectivity index (χ1n) is 7.35. The Bertz CT molecular complexity index is 837. The van der Waals surface area contributed by atoms with Crippen LogP contribution in [0, 0.1) is 29.1 Å². The monoisotopic (exact) mass is 408 g/mol. The molecular weight excluding hydrogens is 396 g/mol. The Labute approximate surface area is 151 Å². The zero-order valence-corrected chi connectivity index (χ0v) is 14.5. The van der Waals surface area contributed by atoms with E-state index < -0.39 is 55.0 Å². The lowest BCUT2D eigenvalue weighted by molar-refractivity contribution is -0.146. The third-order valence-corrected chi connectivity index (χ3v) is 4.17. The Balaban J connectivity index is 1.98. The van der Waals surface area contributed by atoms with Gasteiger partial charge in [-0.3, -0.25) is 4.79 Å². The van der Waals surface area contributed by atoms with E-state index in [9.17, 15) is 31.3 Å². The van der Waals surface area contributed by atoms with Crippen LogP contribution in [-0.4, -0.2) is 12.0 Å². The maximum absolute atomic E-state index is 13.5. The molecule has 11 heteroatoms. The highest BCUT2D eigenvalue weighted by Crippen LogP contribution is 2.34. The minimum Gasteiger partial charge on any atom is -0.460 e. The summed E-state index contributed by atoms with van der Waals surface area (Å²) >= 11 is 0. The smallest absolute Gasteiger partial charge is 0.460 e. The number of halogens is 5. The molecule has 0 aromatic heterocycles. The van der Waals surface area contributed by atoms with E-state index >= 15 is 0 Å². The lowest BCUT2D eigenvalue weighted by Crippen LogP contribution is -2.31. The zero-order chi connectivity index (χ0) is 20.1. The van der Waals surface area contributed by atoms with Gasteiger partial charge in [0.25, 0.3) is 5.75 Å². The SMILES string of the molecule is C[C@H](N[P+](=O)Oc1c(F)c(F)c(F)c(F)c1F)C(=O)OCc1ccccc1. The van der Waals surface area contributed by atoms with E-state index in [1.165, 1.54) is 6.92 Å². The standard InChI is InChI=1S/C16H12F5NO4P/c1-8(16(23)25-7-9-5-3-2-4-6-9)22-27(24)26-15-13(20)11(18)10(17)12(19)14(15)21/h2-6,8H,7H2,1H3,(H,22,24)/q+1/t8-/m0/s1. The molecule has 27 heavy (non-hydrogen) atoms. The van der Waals surface area contributed by atoms with Crippen LogP contribution in [0.4, 0.5) is 22.0 Å². The summed E-state index contributed by atoms with van der Waals surface area (Å²) in [6, 6.07) is 7.34. The van der Waals surface area contributed by atoms with Crippen molar-refractivity contribution in [2.75, 3.05) is 0 Å². The van der Waals surface area contributed by atoms with Crippen LogP contribution in [-0.2, 0) is 20.7 Å². The number of hydrogen-bond donors (Lipinski definition) is 1. The Morgan fingerprint density at radius 1 is 1.00 bits per heavy atom. The molecule has 0 aliphatic carbocycles. The maximum Gasteiger partial charge on any atom is 0.664 e. The average Bonchev–Trinajstić information content (AvgIpc) is 2.67. The van der Waals surface area contributed by atoms with Crippen LogP contribution in [0.2, 0.25) is 0 Å². The summed E-state index contributed by atoms with van der Waals surface area (Å²) < 4.78 is 87.0. The van der Waals surface area contributed by atoms with Gasteiger partial charge in [-0.15, -0.1) is 0 Å². The Morgan fingerprint density at radius 3 is 2.07 bits per heavy atom. The fraction of sp³-hybridized carbons (Fsp3) is 0.188. The second-order valence-corrected chi connectivity index (χ2v) is 6.15. The van der Waals surface area contributed by atoms with Crippen molar-refractivity contribution in [2.45, 2.75) is 19.6 Å². The minimum atomic E-state index is -3.20. The Hall–Kier alpha value is -2.58. The molecule has 0 saturated heterocycles. The molecule has 1 unspecified atom stereocenters. The van der Waals surface area contributed by atoms with E-state index in [1.54, 1.807) is 30.3 Å². The first-order valence-corrected chi connectivity index (χ1v) is 8.53. The summed E-state index contributed by atoms with van der Waals surface area (Å²) in [5, 5.41) is 2.01. The van der Waals surface area contributed by atoms with Crippen LogP contribution in [0.1, 0.15) is 12.5 Å². The predicted molar refractivity (Wildman–Crippen MR) is 83.3 cm³/mol. The molecule has 2 aromatic carbocycles. The lowest BCUT2D eigenvalue weighted by atomic mass is 10.2. The second-order valence-electron chi connectivity index (χ2n) is 5.19. The van der Waals surface area contributed by atoms with E-state index in [1.807, 2.05) is 5.09 Å². The van der Waals surface area contributed by atoms with Crippen LogP contribution in [0.3, 0.4) is 0 Å². The Kier molecular flexibility index (Phi) is 6.81. The van der Waals surface area contributed by atoms with Gasteiger partial charge in [0.1, 0.15) is 12.6 Å². The first kappa shape index (κ1) is 20.7. The van der Waals surface area contributed by atoms with Crippen LogP contribution in [0.25, 0.3) is 0 Å². The van der Waals surface area contributed by atoms with Crippen molar-refractivity contribution in [3.8, 4) is 5.75 Å². The van der Waals surface area contributed by atoms with Crippen molar-refractivity contribution in [2.24, 2.45) is 0 Å². The number of nitrogens with one attached hydrogen (secondary N) is 1. The number of hydrogen-bond acceptors (Lipinski definition) is 4. The van der Waals surface area contributed by atoms with Gasteiger partial charge in [0.15, 0.2) is 0 Å². The third kappa shape index (κ3) is 4.99. The van der Waals surface area contributed by atoms with Crippen LogP contribution >= 0.6 is 8.18 Å². The summed E-state index contributed by atoms with van der Waals surface area (Å²) in [5.41, 5.74) is 0.681. The molecule has 0 bridgehead atoms. The van der Waals surface area contributed by atoms with Crippen molar-refractivity contribution in [1.29, 1.82) is 0 Å². The number of carbonyl (C=O) groups is 1. The average molecular weight is 408 g/mol. The van der Waals surface area contributed by atoms with Gasteiger partial charge in [0, 0.05) is 4.57 Å². The van der Waals surface area contributed by atoms with E-state index in [0.717, 1.165) is 0 Å². The van der Waals surface area contributed by atoms with E-state index in [0.29, 0.717) is 5.56 Å². The molecule has 144 valence electrons. The Morgan fingerprint density at radius 2 is 1.52 bits per heavy atom. The first-order chi connectivity index (χ1) is 12.7. The zero-order valence-electron chi connectivity index (χ0n) is 13.6. The van der Waals surface area contributed by atoms with Gasteiger partial charge in [-0.1, -0.05) is 35.4 Å². The van der Waals surface area contributed by atoms with Crippen LogP contribution in [0.5, 0.6) is 5.75 Å². The van der Waals surface area contributed by atoms with Crippen molar-refractivity contribution < 1.29 is 40.6 Å². The molecule has 0 heterocycles. The van der Waals surface area contributed by atoms with Crippen molar-refractivity contribution in [3.05, 3.63) is 65.0 Å². The number of benzene rings is 2. The third-order valence-electron chi connectivity index (χ3n) is 3.22. The van der Waals surface area contributed by atoms with Gasteiger partial charge in [-0.2, -0.15) is 8.78 Å². The molecule has 1 N–H and O–H groups in total. The number of esters is 1. The summed E-state index contributed by atoms with van der Waals surface area (Å²) in [4.78, 5) is 11.8. The molecule has 2 aromatic rings. The van der Waals surface area contributed by atoms with E-state index in [2.05, 4.69) is 4.52 Å². The summed E-state index contributed by atoms with van der Waals surface area (Å²) in [5.74, 6) is -14.0. The van der Waals surface area contributed by atoms with Gasteiger partial charge in [-0.05, 0) is 12.5 Å². The fourth-order valence-corrected chi connectivity index (χ4v) is 2.64. The summed E-state index contributed by atoms with van der Waals surface area (Å²) in [6.07, 6.45) is 0. The number of carbonyl (C=O) groups excluding carboxylic acids is 1. The molecule has 2 rings (SSSR count).